The Hall–Kier alpha value is -12.1. The molecule has 3 aliphatic heterocycles. The van der Waals surface area contributed by atoms with Gasteiger partial charge in [0.15, 0.2) is 34.4 Å². The summed E-state index contributed by atoms with van der Waals surface area (Å²) in [5, 5.41) is 42.1. The number of carbonyl (C=O) groups excluding carboxylic acids is 1. The van der Waals surface area contributed by atoms with E-state index in [1.807, 2.05) is 24.3 Å². The number of carbonyl (C=O) groups is 1. The van der Waals surface area contributed by atoms with Crippen LogP contribution in [-0.2, 0) is 90.2 Å². The highest BCUT2D eigenvalue weighted by atomic mass is 32.2. The van der Waals surface area contributed by atoms with Crippen LogP contribution in [0.1, 0.15) is 92.1 Å². The number of hydrogen-bond donors (Lipinski definition) is 6. The molecule has 0 saturated heterocycles. The molecule has 10 aromatic heterocycles. The maximum absolute atomic E-state index is 13.3. The second-order valence-electron chi connectivity index (χ2n) is 29.8. The van der Waals surface area contributed by atoms with Crippen LogP contribution in [0.2, 0.25) is 0 Å². The zero-order chi connectivity index (χ0) is 80.6. The Kier molecular flexibility index (Phi) is 22.3. The van der Waals surface area contributed by atoms with E-state index in [1.54, 1.807) is 154 Å². The Morgan fingerprint density at radius 2 is 0.894 bits per heavy atom. The number of nitrogens with zero attached hydrogens (tertiary/aromatic N) is 20. The standard InChI is InChI=1S/C29H34N8O3.C26H29N7O4S.C25H28N8O2/c1-6-13-36-27(39)22-16-30-28(33-26(22)37(36)24-9-7-8-23(32-24)29(2,3)40)31-21-11-10-19-12-14-35(17-20(19)15-21)18-25(38)34(4)5;1-5-12-32-24(34)20-15-27-25(30-23(20)33(32)22-8-6-7-21(29-22)26(2,3)35)28-19-10-9-17-11-13-31(38(4,36)37)16-18(17)14-19;1-5-10-32-23(34)18-14-27-24(28-17-12-16-15-31(4)11-9-19(16)26-13-17)30-22(18)33(32)21-8-6-7-20(29-21)25(2,3)35/h6-11,15-16,40H,1,12-14,17-18H2,2-5H3,(H,30,31,33);5-10,14-15,35H,1,11-13,16H2,2-4H3,(H,27,28,30);5-8,12-14,35H,1,9-11,15H2,2-4H3,(H,27,28,30). The number of benzene rings is 2. The monoisotopic (exact) mass is 1550 g/mol. The third kappa shape index (κ3) is 17.2. The fourth-order valence-corrected chi connectivity index (χ4v) is 14.3. The Balaban J connectivity index is 0.000000148. The van der Waals surface area contributed by atoms with E-state index >= 15 is 0 Å². The van der Waals surface area contributed by atoms with Crippen LogP contribution < -0.4 is 32.6 Å². The number of pyridine rings is 4. The van der Waals surface area contributed by atoms with Crippen LogP contribution in [0.3, 0.4) is 0 Å². The minimum absolute atomic E-state index is 0.0800. The number of anilines is 6. The molecule has 0 saturated carbocycles. The quantitative estimate of drug-likeness (QED) is 0.0378. The number of aromatic nitrogens is 16. The highest BCUT2D eigenvalue weighted by Crippen LogP contribution is 2.31. The van der Waals surface area contributed by atoms with E-state index in [0.29, 0.717) is 118 Å². The molecule has 32 nitrogen and oxygen atoms in total. The van der Waals surface area contributed by atoms with Crippen LogP contribution in [0.4, 0.5) is 34.9 Å². The Morgan fingerprint density at radius 1 is 0.496 bits per heavy atom. The van der Waals surface area contributed by atoms with E-state index in [9.17, 15) is 42.9 Å². The number of sulfonamides is 1. The lowest BCUT2D eigenvalue weighted by atomic mass is 9.99. The van der Waals surface area contributed by atoms with Gasteiger partial charge in [0.05, 0.1) is 61.4 Å². The van der Waals surface area contributed by atoms with Gasteiger partial charge in [0, 0.05) is 95.4 Å². The summed E-state index contributed by atoms with van der Waals surface area (Å²) in [5.74, 6) is 2.32. The average Bonchev–Trinajstić information content (AvgIpc) is 1.62. The summed E-state index contributed by atoms with van der Waals surface area (Å²) in [5.41, 5.74) is 7.20. The molecule has 6 N–H and O–H groups in total. The molecule has 0 fully saturated rings. The molecule has 3 aliphatic rings. The number of nitrogens with one attached hydrogen (secondary N) is 3. The van der Waals surface area contributed by atoms with Gasteiger partial charge in [0.2, 0.25) is 33.8 Å². The summed E-state index contributed by atoms with van der Waals surface area (Å²) in [6.45, 7) is 26.5. The maximum atomic E-state index is 13.3. The molecule has 0 bridgehead atoms. The van der Waals surface area contributed by atoms with Crippen molar-refractivity contribution in [3.05, 3.63) is 241 Å². The van der Waals surface area contributed by atoms with Crippen molar-refractivity contribution in [2.75, 3.05) is 69.5 Å². The zero-order valence-corrected chi connectivity index (χ0v) is 65.6. The van der Waals surface area contributed by atoms with Crippen molar-refractivity contribution in [3.8, 4) is 17.5 Å². The van der Waals surface area contributed by atoms with E-state index in [-0.39, 0.29) is 48.2 Å². The fourth-order valence-electron chi connectivity index (χ4n) is 13.5. The summed E-state index contributed by atoms with van der Waals surface area (Å²) in [7, 11) is 2.34. The first-order chi connectivity index (χ1) is 53.7. The highest BCUT2D eigenvalue weighted by molar-refractivity contribution is 7.88. The van der Waals surface area contributed by atoms with Crippen molar-refractivity contribution < 1.29 is 28.5 Å². The fraction of sp³-hybridized carbons (Fsp3) is 0.325. The number of allylic oxidation sites excluding steroid dienone is 3. The number of amides is 1. The molecule has 33 heteroatoms. The van der Waals surface area contributed by atoms with Gasteiger partial charge in [-0.25, -0.2) is 66.4 Å². The molecule has 1 amide bonds. The molecular weight excluding hydrogens is 1460 g/mol. The minimum atomic E-state index is -3.29. The van der Waals surface area contributed by atoms with E-state index in [2.05, 4.69) is 116 Å². The van der Waals surface area contributed by atoms with Crippen LogP contribution >= 0.6 is 0 Å². The summed E-state index contributed by atoms with van der Waals surface area (Å²) in [6.07, 6.45) is 14.8. The third-order valence-electron chi connectivity index (χ3n) is 19.5. The average molecular weight is 1550 g/mol. The number of rotatable bonds is 21. The van der Waals surface area contributed by atoms with Crippen molar-refractivity contribution in [2.45, 2.75) is 117 Å². The van der Waals surface area contributed by atoms with Gasteiger partial charge >= 0.3 is 0 Å². The maximum Gasteiger partial charge on any atom is 0.278 e. The first kappa shape index (κ1) is 79.0. The van der Waals surface area contributed by atoms with Gasteiger partial charge in [-0.05, 0) is 156 Å². The van der Waals surface area contributed by atoms with Crippen molar-refractivity contribution in [1.29, 1.82) is 0 Å². The van der Waals surface area contributed by atoms with Gasteiger partial charge in [-0.15, -0.1) is 19.7 Å². The largest absolute Gasteiger partial charge is 0.384 e. The SMILES string of the molecule is C=CCn1c(=O)c2cnc(Nc3ccc4c(c3)CN(CC(=O)N(C)C)CC4)nc2n1-c1cccc(C(C)(C)O)n1.C=CCn1c(=O)c2cnc(Nc3ccc4c(c3)CN(S(C)(=O)=O)CC4)nc2n1-c1cccc(C(C)(C)O)n1.C=CCn1c(=O)c2cnc(Nc3cnc4c(c3)CN(C)CC4)nc2n1-c1cccc(C(C)(C)O)n1. The van der Waals surface area contributed by atoms with Crippen molar-refractivity contribution >= 4 is 83.9 Å². The number of likely N-dealkylation sites (N-methyl/N-ethyl adjacent to an activating group) is 2. The summed E-state index contributed by atoms with van der Waals surface area (Å²) < 4.78 is 34.9. The summed E-state index contributed by atoms with van der Waals surface area (Å²) in [4.78, 5) is 103. The Morgan fingerprint density at radius 3 is 1.29 bits per heavy atom. The number of fused-ring (bicyclic) bond motifs is 6. The second kappa shape index (κ2) is 31.9. The van der Waals surface area contributed by atoms with Crippen LogP contribution in [-0.4, -0.2) is 180 Å². The molecular formula is C80H91N23O9S. The van der Waals surface area contributed by atoms with Gasteiger partial charge in [0.1, 0.15) is 33.0 Å². The van der Waals surface area contributed by atoms with Gasteiger partial charge < -0.3 is 41.1 Å². The molecule has 0 radical (unpaired) electrons. The molecule has 2 aromatic carbocycles. The number of aliphatic hydroxyl groups is 3. The van der Waals surface area contributed by atoms with E-state index < -0.39 is 26.8 Å². The predicted molar refractivity (Wildman–Crippen MR) is 433 cm³/mol. The molecule has 0 unspecified atom stereocenters. The van der Waals surface area contributed by atoms with Gasteiger partial charge in [0.25, 0.3) is 16.7 Å². The zero-order valence-electron chi connectivity index (χ0n) is 64.7. The van der Waals surface area contributed by atoms with Crippen molar-refractivity contribution in [1.82, 2.24) is 96.9 Å². The highest BCUT2D eigenvalue weighted by Gasteiger charge is 2.29. The van der Waals surface area contributed by atoms with Crippen LogP contribution in [0.25, 0.3) is 50.6 Å². The lowest BCUT2D eigenvalue weighted by molar-refractivity contribution is -0.130. The normalized spacial score (nSPS) is 14.1. The minimum Gasteiger partial charge on any atom is -0.384 e. The topological polar surface area (TPSA) is 371 Å². The van der Waals surface area contributed by atoms with Crippen molar-refractivity contribution in [3.63, 3.8) is 0 Å². The molecule has 0 atom stereocenters. The van der Waals surface area contributed by atoms with E-state index in [4.69, 9.17) is 4.98 Å². The molecule has 12 aromatic rings. The molecule has 13 heterocycles. The van der Waals surface area contributed by atoms with Crippen LogP contribution in [0.5, 0.6) is 0 Å². The summed E-state index contributed by atoms with van der Waals surface area (Å²) in [6, 6.07) is 29.8. The van der Waals surface area contributed by atoms with Gasteiger partial charge in [-0.2, -0.15) is 19.3 Å². The lowest BCUT2D eigenvalue weighted by Crippen LogP contribution is -2.39. The Bertz CT molecular complexity index is 6000. The first-order valence-corrected chi connectivity index (χ1v) is 38.6. The molecule has 0 spiro atoms. The van der Waals surface area contributed by atoms with Gasteiger partial charge in [-0.1, -0.05) is 48.6 Å². The van der Waals surface area contributed by atoms with Crippen LogP contribution in [0, 0.1) is 0 Å². The smallest absolute Gasteiger partial charge is 0.278 e. The van der Waals surface area contributed by atoms with Crippen LogP contribution in [0.15, 0.2) is 174 Å². The first-order valence-electron chi connectivity index (χ1n) is 36.7. The lowest BCUT2D eigenvalue weighted by Gasteiger charge is -2.29. The molecule has 113 heavy (non-hydrogen) atoms. The van der Waals surface area contributed by atoms with E-state index in [0.717, 1.165) is 66.2 Å². The molecule has 0 aliphatic carbocycles. The molecule has 586 valence electrons. The third-order valence-corrected chi connectivity index (χ3v) is 20.7. The Labute approximate surface area is 651 Å². The predicted octanol–water partition coefficient (Wildman–Crippen LogP) is 7.55. The second-order valence-corrected chi connectivity index (χ2v) is 31.8. The summed E-state index contributed by atoms with van der Waals surface area (Å²) >= 11 is 0. The number of hydrogen-bond acceptors (Lipinski definition) is 24. The molecule has 15 rings (SSSR count). The van der Waals surface area contributed by atoms with E-state index in [1.165, 1.54) is 54.3 Å². The van der Waals surface area contributed by atoms with Gasteiger partial charge in [-0.3, -0.25) is 29.1 Å². The van der Waals surface area contributed by atoms with Crippen molar-refractivity contribution in [2.24, 2.45) is 0 Å².